The van der Waals surface area contributed by atoms with Gasteiger partial charge in [-0.25, -0.2) is 0 Å². The van der Waals surface area contributed by atoms with Crippen LogP contribution in [0.15, 0.2) is 28.7 Å². The van der Waals surface area contributed by atoms with Crippen LogP contribution in [-0.4, -0.2) is 21.0 Å². The number of benzene rings is 1. The van der Waals surface area contributed by atoms with E-state index in [0.717, 1.165) is 33.6 Å². The highest BCUT2D eigenvalue weighted by atomic mass is 79.9. The summed E-state index contributed by atoms with van der Waals surface area (Å²) in [5.41, 5.74) is 3.18. The van der Waals surface area contributed by atoms with Crippen LogP contribution in [0.4, 0.5) is 0 Å². The number of hydrogen-bond acceptors (Lipinski definition) is 3. The maximum Gasteiger partial charge on any atom is 0.131 e. The Morgan fingerprint density at radius 3 is 2.52 bits per heavy atom. The molecule has 0 radical (unpaired) electrons. The van der Waals surface area contributed by atoms with Crippen molar-refractivity contribution in [3.05, 3.63) is 45.7 Å². The summed E-state index contributed by atoms with van der Waals surface area (Å²) in [4.78, 5) is 0. The van der Waals surface area contributed by atoms with Crippen molar-refractivity contribution in [2.24, 2.45) is 7.05 Å². The zero-order chi connectivity index (χ0) is 15.4. The van der Waals surface area contributed by atoms with Gasteiger partial charge in [-0.1, -0.05) is 19.1 Å². The second kappa shape index (κ2) is 7.09. The molecule has 0 aliphatic carbocycles. The summed E-state index contributed by atoms with van der Waals surface area (Å²) in [6, 6.07) is 7.83. The highest BCUT2D eigenvalue weighted by Crippen LogP contribution is 2.23. The summed E-state index contributed by atoms with van der Waals surface area (Å²) < 4.78 is 8.70. The third-order valence-corrected chi connectivity index (χ3v) is 4.25. The van der Waals surface area contributed by atoms with Crippen molar-refractivity contribution in [1.29, 1.82) is 0 Å². The van der Waals surface area contributed by atoms with Gasteiger partial charge in [0.1, 0.15) is 12.4 Å². The van der Waals surface area contributed by atoms with Gasteiger partial charge >= 0.3 is 0 Å². The molecular weight excluding hydrogens is 332 g/mol. The quantitative estimate of drug-likeness (QED) is 0.867. The Balaban J connectivity index is 2.01. The van der Waals surface area contributed by atoms with Gasteiger partial charge in [0.25, 0.3) is 0 Å². The topological polar surface area (TPSA) is 47.3 Å². The van der Waals surface area contributed by atoms with E-state index >= 15 is 0 Å². The average Bonchev–Trinajstić information content (AvgIpc) is 2.72. The van der Waals surface area contributed by atoms with Crippen LogP contribution < -0.4 is 4.74 Å². The van der Waals surface area contributed by atoms with Crippen LogP contribution in [0.2, 0.25) is 0 Å². The third kappa shape index (κ3) is 4.08. The lowest BCUT2D eigenvalue weighted by molar-refractivity contribution is 0.195. The molecule has 114 valence electrons. The Morgan fingerprint density at radius 2 is 2.00 bits per heavy atom. The van der Waals surface area contributed by atoms with Gasteiger partial charge in [-0.2, -0.15) is 5.10 Å². The minimum absolute atomic E-state index is 0.324. The number of aromatic nitrogens is 2. The first kappa shape index (κ1) is 16.0. The molecule has 1 N–H and O–H groups in total. The molecule has 0 saturated heterocycles. The minimum Gasteiger partial charge on any atom is -0.487 e. The molecule has 1 heterocycles. The Morgan fingerprint density at radius 1 is 1.33 bits per heavy atom. The minimum atomic E-state index is -0.324. The van der Waals surface area contributed by atoms with Gasteiger partial charge in [0.2, 0.25) is 0 Å². The fraction of sp³-hybridized carbons (Fsp3) is 0.438. The molecule has 0 aliphatic heterocycles. The molecule has 0 fully saturated rings. The molecule has 1 unspecified atom stereocenters. The predicted octanol–water partition coefficient (Wildman–Crippen LogP) is 3.25. The van der Waals surface area contributed by atoms with E-state index in [2.05, 4.69) is 28.0 Å². The van der Waals surface area contributed by atoms with Gasteiger partial charge < -0.3 is 9.84 Å². The number of ether oxygens (including phenoxy) is 1. The molecule has 5 heteroatoms. The molecule has 1 aromatic carbocycles. The molecule has 4 nitrogen and oxygen atoms in total. The Kier molecular flexibility index (Phi) is 5.42. The Labute approximate surface area is 133 Å². The number of halogens is 1. The first-order valence-corrected chi connectivity index (χ1v) is 7.90. The van der Waals surface area contributed by atoms with Crippen molar-refractivity contribution in [2.75, 3.05) is 0 Å². The molecule has 0 bridgehead atoms. The highest BCUT2D eigenvalue weighted by molar-refractivity contribution is 9.10. The lowest BCUT2D eigenvalue weighted by Gasteiger charge is -2.09. The standard InChI is InChI=1S/C16H21BrN2O2/c1-4-14-16(17)15(19(3)18-14)10-21-13-7-5-12(6-8-13)9-11(2)20/h5-8,11,20H,4,9-10H2,1-3H3. The lowest BCUT2D eigenvalue weighted by atomic mass is 10.1. The number of hydrogen-bond donors (Lipinski definition) is 1. The SMILES string of the molecule is CCc1nn(C)c(COc2ccc(CC(C)O)cc2)c1Br. The molecule has 2 rings (SSSR count). The molecule has 0 saturated carbocycles. The van der Waals surface area contributed by atoms with Gasteiger partial charge in [-0.05, 0) is 53.4 Å². The molecule has 21 heavy (non-hydrogen) atoms. The summed E-state index contributed by atoms with van der Waals surface area (Å²) in [6.07, 6.45) is 1.23. The molecule has 0 spiro atoms. The van der Waals surface area contributed by atoms with Crippen LogP contribution in [0.5, 0.6) is 5.75 Å². The second-order valence-electron chi connectivity index (χ2n) is 5.17. The average molecular weight is 353 g/mol. The van der Waals surface area contributed by atoms with Crippen molar-refractivity contribution in [2.45, 2.75) is 39.4 Å². The number of aryl methyl sites for hydroxylation is 2. The summed E-state index contributed by atoms with van der Waals surface area (Å²) in [7, 11) is 1.92. The van der Waals surface area contributed by atoms with Gasteiger partial charge in [0.15, 0.2) is 0 Å². The lowest BCUT2D eigenvalue weighted by Crippen LogP contribution is -2.05. The van der Waals surface area contributed by atoms with Crippen molar-refractivity contribution in [3.8, 4) is 5.75 Å². The summed E-state index contributed by atoms with van der Waals surface area (Å²) in [5.74, 6) is 0.815. The van der Waals surface area contributed by atoms with Crippen LogP contribution >= 0.6 is 15.9 Å². The smallest absolute Gasteiger partial charge is 0.131 e. The fourth-order valence-corrected chi connectivity index (χ4v) is 2.92. The number of aliphatic hydroxyl groups is 1. The van der Waals surface area contributed by atoms with Gasteiger partial charge in [0.05, 0.1) is 22.0 Å². The van der Waals surface area contributed by atoms with Crippen molar-refractivity contribution < 1.29 is 9.84 Å². The van der Waals surface area contributed by atoms with Crippen LogP contribution in [0, 0.1) is 0 Å². The third-order valence-electron chi connectivity index (χ3n) is 3.33. The van der Waals surface area contributed by atoms with Gasteiger partial charge in [0, 0.05) is 7.05 Å². The van der Waals surface area contributed by atoms with E-state index in [1.54, 1.807) is 6.92 Å². The first-order chi connectivity index (χ1) is 10.0. The normalized spacial score (nSPS) is 12.4. The van der Waals surface area contributed by atoms with E-state index in [4.69, 9.17) is 4.74 Å². The second-order valence-corrected chi connectivity index (χ2v) is 5.96. The number of aliphatic hydroxyl groups excluding tert-OH is 1. The molecule has 1 aromatic heterocycles. The van der Waals surface area contributed by atoms with E-state index in [1.165, 1.54) is 0 Å². The van der Waals surface area contributed by atoms with Crippen LogP contribution in [0.25, 0.3) is 0 Å². The number of rotatable bonds is 6. The summed E-state index contributed by atoms with van der Waals surface area (Å²) in [6.45, 7) is 4.34. The number of nitrogens with zero attached hydrogens (tertiary/aromatic N) is 2. The Hall–Kier alpha value is -1.33. The van der Waals surface area contributed by atoms with Crippen molar-refractivity contribution in [3.63, 3.8) is 0 Å². The van der Waals surface area contributed by atoms with E-state index in [1.807, 2.05) is 36.0 Å². The van der Waals surface area contributed by atoms with Crippen LogP contribution in [0.3, 0.4) is 0 Å². The molecule has 1 atom stereocenters. The maximum atomic E-state index is 9.37. The predicted molar refractivity (Wildman–Crippen MR) is 86.4 cm³/mol. The van der Waals surface area contributed by atoms with Crippen LogP contribution in [0.1, 0.15) is 30.8 Å². The van der Waals surface area contributed by atoms with E-state index in [-0.39, 0.29) is 6.10 Å². The summed E-state index contributed by atoms with van der Waals surface area (Å²) in [5, 5.41) is 13.8. The fourth-order valence-electron chi connectivity index (χ4n) is 2.19. The zero-order valence-electron chi connectivity index (χ0n) is 12.6. The van der Waals surface area contributed by atoms with Crippen LogP contribution in [-0.2, 0) is 26.5 Å². The largest absolute Gasteiger partial charge is 0.487 e. The van der Waals surface area contributed by atoms with E-state index < -0.39 is 0 Å². The highest BCUT2D eigenvalue weighted by Gasteiger charge is 2.12. The zero-order valence-corrected chi connectivity index (χ0v) is 14.2. The van der Waals surface area contributed by atoms with Crippen molar-refractivity contribution >= 4 is 15.9 Å². The van der Waals surface area contributed by atoms with Gasteiger partial charge in [-0.15, -0.1) is 0 Å². The molecule has 0 amide bonds. The molecule has 0 aliphatic rings. The van der Waals surface area contributed by atoms with Gasteiger partial charge in [-0.3, -0.25) is 4.68 Å². The molecule has 2 aromatic rings. The van der Waals surface area contributed by atoms with Crippen molar-refractivity contribution in [1.82, 2.24) is 9.78 Å². The first-order valence-electron chi connectivity index (χ1n) is 7.11. The summed E-state index contributed by atoms with van der Waals surface area (Å²) >= 11 is 3.58. The molecular formula is C16H21BrN2O2. The Bertz CT molecular complexity index is 591. The van der Waals surface area contributed by atoms with E-state index in [0.29, 0.717) is 13.0 Å². The maximum absolute atomic E-state index is 9.37. The van der Waals surface area contributed by atoms with E-state index in [9.17, 15) is 5.11 Å². The monoisotopic (exact) mass is 352 g/mol.